The van der Waals surface area contributed by atoms with Gasteiger partial charge >= 0.3 is 11.9 Å². The Morgan fingerprint density at radius 3 is 2.14 bits per heavy atom. The fourth-order valence-electron chi connectivity index (χ4n) is 2.11. The fraction of sp³-hybridized carbons (Fsp3) is 0.733. The van der Waals surface area contributed by atoms with Crippen molar-refractivity contribution in [1.29, 1.82) is 0 Å². The molecular formula is C15H24Cl2O4. The van der Waals surface area contributed by atoms with Crippen LogP contribution in [0.15, 0.2) is 11.6 Å². The molecule has 0 aromatic rings. The molecule has 0 bridgehead atoms. The van der Waals surface area contributed by atoms with E-state index in [9.17, 15) is 9.59 Å². The lowest BCUT2D eigenvalue weighted by molar-refractivity contribution is -0.143. The first kappa shape index (κ1) is 20.3. The standard InChI is InChI=1S/C7H10O2.C7H12O2.CH2Cl2/c1-7(2)4-3-9-6(8)5(4)7;1-6(2)4-5-9-7(3)8;2-1-3/h4-5H,3H2,1-2H3;4H,5H2,1-3H3;1H2. The molecule has 2 fully saturated rings. The van der Waals surface area contributed by atoms with E-state index in [1.54, 1.807) is 0 Å². The first-order chi connectivity index (χ1) is 9.68. The molecule has 6 heteroatoms. The molecule has 4 nitrogen and oxygen atoms in total. The number of esters is 2. The molecule has 2 atom stereocenters. The Hall–Kier alpha value is -0.740. The van der Waals surface area contributed by atoms with Gasteiger partial charge in [0, 0.05) is 12.8 Å². The number of carbonyl (C=O) groups is 2. The van der Waals surface area contributed by atoms with Crippen molar-refractivity contribution in [2.75, 3.05) is 18.6 Å². The van der Waals surface area contributed by atoms with Gasteiger partial charge in [-0.1, -0.05) is 19.4 Å². The molecule has 2 rings (SSSR count). The second-order valence-corrected chi connectivity index (χ2v) is 6.53. The van der Waals surface area contributed by atoms with Crippen LogP contribution in [-0.2, 0) is 19.1 Å². The molecule has 0 amide bonds. The summed E-state index contributed by atoms with van der Waals surface area (Å²) in [6, 6.07) is 0. The predicted octanol–water partition coefficient (Wildman–Crippen LogP) is 3.75. The van der Waals surface area contributed by atoms with Crippen molar-refractivity contribution in [3.05, 3.63) is 11.6 Å². The highest BCUT2D eigenvalue weighted by Gasteiger charge is 2.66. The maximum absolute atomic E-state index is 10.8. The van der Waals surface area contributed by atoms with Gasteiger partial charge in [0.05, 0.1) is 17.9 Å². The number of hydrogen-bond acceptors (Lipinski definition) is 4. The van der Waals surface area contributed by atoms with E-state index in [2.05, 4.69) is 18.6 Å². The van der Waals surface area contributed by atoms with Crippen molar-refractivity contribution in [3.63, 3.8) is 0 Å². The largest absolute Gasteiger partial charge is 0.465 e. The smallest absolute Gasteiger partial charge is 0.309 e. The van der Waals surface area contributed by atoms with Crippen LogP contribution >= 0.6 is 23.2 Å². The van der Waals surface area contributed by atoms with E-state index in [0.29, 0.717) is 19.1 Å². The molecular weight excluding hydrogens is 315 g/mol. The van der Waals surface area contributed by atoms with Gasteiger partial charge in [-0.2, -0.15) is 0 Å². The van der Waals surface area contributed by atoms with Crippen molar-refractivity contribution in [2.45, 2.75) is 34.6 Å². The van der Waals surface area contributed by atoms with Crippen LogP contribution in [0.4, 0.5) is 0 Å². The maximum Gasteiger partial charge on any atom is 0.309 e. The fourth-order valence-corrected chi connectivity index (χ4v) is 2.11. The maximum atomic E-state index is 10.8. The summed E-state index contributed by atoms with van der Waals surface area (Å²) in [6.07, 6.45) is 1.86. The van der Waals surface area contributed by atoms with Crippen LogP contribution in [-0.4, -0.2) is 30.5 Å². The van der Waals surface area contributed by atoms with Crippen LogP contribution in [0.5, 0.6) is 0 Å². The van der Waals surface area contributed by atoms with Gasteiger partial charge in [-0.05, 0) is 25.3 Å². The number of carbonyl (C=O) groups excluding carboxylic acids is 2. The van der Waals surface area contributed by atoms with Crippen LogP contribution in [0, 0.1) is 17.3 Å². The third kappa shape index (κ3) is 7.18. The topological polar surface area (TPSA) is 52.6 Å². The van der Waals surface area contributed by atoms with E-state index < -0.39 is 0 Å². The van der Waals surface area contributed by atoms with E-state index in [0.717, 1.165) is 5.57 Å². The van der Waals surface area contributed by atoms with Gasteiger partial charge in [-0.25, -0.2) is 0 Å². The highest BCUT2D eigenvalue weighted by molar-refractivity contribution is 6.40. The summed E-state index contributed by atoms with van der Waals surface area (Å²) >= 11 is 9.53. The lowest BCUT2D eigenvalue weighted by Gasteiger charge is -2.05. The van der Waals surface area contributed by atoms with Crippen LogP contribution in [0.1, 0.15) is 34.6 Å². The molecule has 0 radical (unpaired) electrons. The molecule has 2 unspecified atom stereocenters. The zero-order valence-corrected chi connectivity index (χ0v) is 14.8. The minimum atomic E-state index is -0.229. The summed E-state index contributed by atoms with van der Waals surface area (Å²) in [5.74, 6) is 0.556. The monoisotopic (exact) mass is 338 g/mol. The summed E-state index contributed by atoms with van der Waals surface area (Å²) in [5.41, 5.74) is 1.42. The summed E-state index contributed by atoms with van der Waals surface area (Å²) in [7, 11) is 0. The highest BCUT2D eigenvalue weighted by Crippen LogP contribution is 2.61. The van der Waals surface area contributed by atoms with Gasteiger partial charge < -0.3 is 9.47 Å². The van der Waals surface area contributed by atoms with E-state index in [1.807, 2.05) is 19.9 Å². The molecule has 1 heterocycles. The molecule has 0 aromatic heterocycles. The molecule has 2 aliphatic rings. The SMILES string of the molecule is CC(=O)OCC=C(C)C.CC1(C)C2COC(=O)C21.ClCCl. The number of cyclic esters (lactones) is 1. The Bertz CT molecular complexity index is 387. The van der Waals surface area contributed by atoms with Gasteiger partial charge in [0.2, 0.25) is 0 Å². The molecule has 21 heavy (non-hydrogen) atoms. The Kier molecular flexibility index (Phi) is 8.98. The lowest BCUT2D eigenvalue weighted by atomic mass is 10.1. The van der Waals surface area contributed by atoms with Gasteiger partial charge in [0.1, 0.15) is 6.61 Å². The van der Waals surface area contributed by atoms with Crippen LogP contribution < -0.4 is 0 Å². The minimum Gasteiger partial charge on any atom is -0.465 e. The summed E-state index contributed by atoms with van der Waals surface area (Å²) in [4.78, 5) is 21.0. The second-order valence-electron chi connectivity index (χ2n) is 5.72. The first-order valence-corrected chi connectivity index (χ1v) is 7.80. The number of ether oxygens (including phenoxy) is 2. The number of hydrogen-bond donors (Lipinski definition) is 0. The number of fused-ring (bicyclic) bond motifs is 1. The zero-order valence-electron chi connectivity index (χ0n) is 13.2. The minimum absolute atomic E-state index is 0.0185. The molecule has 1 aliphatic carbocycles. The van der Waals surface area contributed by atoms with E-state index >= 15 is 0 Å². The Labute approximate surface area is 136 Å². The quantitative estimate of drug-likeness (QED) is 0.437. The average Bonchev–Trinajstić information content (AvgIpc) is 2.66. The van der Waals surface area contributed by atoms with Crippen LogP contribution in [0.25, 0.3) is 0 Å². The van der Waals surface area contributed by atoms with E-state index in [1.165, 1.54) is 6.92 Å². The van der Waals surface area contributed by atoms with Gasteiger partial charge in [0.25, 0.3) is 0 Å². The average molecular weight is 339 g/mol. The molecule has 1 saturated carbocycles. The molecule has 0 spiro atoms. The third-order valence-corrected chi connectivity index (χ3v) is 3.49. The number of halogens is 2. The van der Waals surface area contributed by atoms with E-state index in [4.69, 9.17) is 27.9 Å². The van der Waals surface area contributed by atoms with E-state index in [-0.39, 0.29) is 28.6 Å². The van der Waals surface area contributed by atoms with Gasteiger partial charge in [-0.3, -0.25) is 9.59 Å². The zero-order chi connectivity index (χ0) is 16.6. The van der Waals surface area contributed by atoms with Gasteiger partial charge in [0.15, 0.2) is 0 Å². The van der Waals surface area contributed by atoms with Crippen LogP contribution in [0.2, 0.25) is 0 Å². The molecule has 0 N–H and O–H groups in total. The van der Waals surface area contributed by atoms with Crippen molar-refractivity contribution < 1.29 is 19.1 Å². The lowest BCUT2D eigenvalue weighted by Crippen LogP contribution is -2.09. The third-order valence-electron chi connectivity index (χ3n) is 3.49. The predicted molar refractivity (Wildman–Crippen MR) is 84.4 cm³/mol. The molecule has 1 aliphatic heterocycles. The van der Waals surface area contributed by atoms with Gasteiger partial charge in [-0.15, -0.1) is 23.2 Å². The number of rotatable bonds is 2. The van der Waals surface area contributed by atoms with Crippen molar-refractivity contribution >= 4 is 35.1 Å². The first-order valence-electron chi connectivity index (χ1n) is 6.73. The Morgan fingerprint density at radius 1 is 1.38 bits per heavy atom. The second kappa shape index (κ2) is 9.31. The van der Waals surface area contributed by atoms with Crippen molar-refractivity contribution in [1.82, 2.24) is 0 Å². The molecule has 0 aromatic carbocycles. The van der Waals surface area contributed by atoms with Crippen LogP contribution in [0.3, 0.4) is 0 Å². The summed E-state index contributed by atoms with van der Waals surface area (Å²) < 4.78 is 9.45. The molecule has 1 saturated heterocycles. The van der Waals surface area contributed by atoms with Crippen molar-refractivity contribution in [3.8, 4) is 0 Å². The highest BCUT2D eigenvalue weighted by atomic mass is 35.5. The summed E-state index contributed by atoms with van der Waals surface area (Å²) in [5, 5.41) is 0.194. The number of allylic oxidation sites excluding steroid dienone is 1. The Balaban J connectivity index is 0.000000322. The molecule has 122 valence electrons. The normalized spacial score (nSPS) is 23.3. The number of alkyl halides is 2. The van der Waals surface area contributed by atoms with Crippen molar-refractivity contribution in [2.24, 2.45) is 17.3 Å². The summed E-state index contributed by atoms with van der Waals surface area (Å²) in [6.45, 7) is 10.6. The Morgan fingerprint density at radius 2 is 1.90 bits per heavy atom.